The normalized spacial score (nSPS) is 10.8. The summed E-state index contributed by atoms with van der Waals surface area (Å²) in [5, 5.41) is 24.2. The molecule has 128 valence electrons. The van der Waals surface area contributed by atoms with Crippen molar-refractivity contribution in [3.8, 4) is 11.9 Å². The number of fused-ring (bicyclic) bond motifs is 1. The molecule has 0 bridgehead atoms. The van der Waals surface area contributed by atoms with Crippen LogP contribution in [0.4, 0.5) is 5.69 Å². The molecular weight excluding hydrogens is 318 g/mol. The van der Waals surface area contributed by atoms with Crippen LogP contribution < -0.4 is 14.5 Å². The highest BCUT2D eigenvalue weighted by atomic mass is 16.3. The Labute approximate surface area is 145 Å². The van der Waals surface area contributed by atoms with E-state index < -0.39 is 0 Å². The van der Waals surface area contributed by atoms with E-state index in [2.05, 4.69) is 5.32 Å². The molecule has 2 aromatic carbocycles. The molecule has 1 heterocycles. The number of hydrogen-bond acceptors (Lipinski definition) is 3. The number of aromatic hydroxyl groups is 2. The van der Waals surface area contributed by atoms with Gasteiger partial charge < -0.3 is 15.5 Å². The van der Waals surface area contributed by atoms with Crippen molar-refractivity contribution in [1.29, 1.82) is 0 Å². The zero-order chi connectivity index (χ0) is 18.0. The summed E-state index contributed by atoms with van der Waals surface area (Å²) in [6.45, 7) is 4.10. The molecule has 0 aliphatic heterocycles. The van der Waals surface area contributed by atoms with Gasteiger partial charge in [-0.3, -0.25) is 4.79 Å². The van der Waals surface area contributed by atoms with Gasteiger partial charge in [-0.25, -0.2) is 0 Å². The van der Waals surface area contributed by atoms with E-state index in [0.29, 0.717) is 23.1 Å². The van der Waals surface area contributed by atoms with Crippen LogP contribution in [0.15, 0.2) is 48.5 Å². The third-order valence-corrected chi connectivity index (χ3v) is 4.13. The SMILES string of the molecule is CC[n+]1c(O)c2ccccc2[n+](CC(=O)Nc2ccc(C)cc2)c1O. The molecule has 0 radical (unpaired) electrons. The predicted octanol–water partition coefficient (Wildman–Crippen LogP) is 1.79. The zero-order valence-electron chi connectivity index (χ0n) is 14.2. The van der Waals surface area contributed by atoms with Crippen molar-refractivity contribution in [3.63, 3.8) is 0 Å². The van der Waals surface area contributed by atoms with E-state index in [-0.39, 0.29) is 24.3 Å². The van der Waals surface area contributed by atoms with Gasteiger partial charge in [0.15, 0.2) is 11.9 Å². The van der Waals surface area contributed by atoms with Gasteiger partial charge in [0, 0.05) is 11.8 Å². The molecule has 0 aliphatic carbocycles. The van der Waals surface area contributed by atoms with Crippen LogP contribution in [-0.4, -0.2) is 16.1 Å². The van der Waals surface area contributed by atoms with Crippen molar-refractivity contribution >= 4 is 22.5 Å². The van der Waals surface area contributed by atoms with Crippen molar-refractivity contribution in [3.05, 3.63) is 54.1 Å². The average Bonchev–Trinajstić information content (AvgIpc) is 2.61. The first-order valence-electron chi connectivity index (χ1n) is 8.14. The maximum atomic E-state index is 12.4. The van der Waals surface area contributed by atoms with Gasteiger partial charge in [0.2, 0.25) is 12.1 Å². The lowest BCUT2D eigenvalue weighted by molar-refractivity contribution is -0.815. The number of nitrogens with one attached hydrogen (secondary N) is 1. The molecule has 1 aromatic heterocycles. The van der Waals surface area contributed by atoms with Crippen LogP contribution in [0.5, 0.6) is 11.9 Å². The molecule has 3 N–H and O–H groups in total. The van der Waals surface area contributed by atoms with Gasteiger partial charge in [0.05, 0.1) is 0 Å². The Morgan fingerprint density at radius 2 is 1.72 bits per heavy atom. The van der Waals surface area contributed by atoms with Crippen molar-refractivity contribution in [2.45, 2.75) is 26.9 Å². The van der Waals surface area contributed by atoms with E-state index in [9.17, 15) is 15.0 Å². The molecule has 0 fully saturated rings. The highest BCUT2D eigenvalue weighted by Gasteiger charge is 2.33. The number of rotatable bonds is 4. The Morgan fingerprint density at radius 3 is 2.40 bits per heavy atom. The molecule has 25 heavy (non-hydrogen) atoms. The highest BCUT2D eigenvalue weighted by Crippen LogP contribution is 2.20. The minimum Gasteiger partial charge on any atom is -0.459 e. The second-order valence-electron chi connectivity index (χ2n) is 5.89. The second-order valence-corrected chi connectivity index (χ2v) is 5.89. The first-order chi connectivity index (χ1) is 12.0. The highest BCUT2D eigenvalue weighted by molar-refractivity contribution is 5.90. The third kappa shape index (κ3) is 3.24. The van der Waals surface area contributed by atoms with Crippen LogP contribution >= 0.6 is 0 Å². The van der Waals surface area contributed by atoms with Gasteiger partial charge in [0.25, 0.3) is 5.91 Å². The Balaban J connectivity index is 1.97. The molecule has 0 unspecified atom stereocenters. The van der Waals surface area contributed by atoms with Crippen LogP contribution in [0.1, 0.15) is 12.5 Å². The lowest BCUT2D eigenvalue weighted by Crippen LogP contribution is -2.50. The number of para-hydroxylation sites is 1. The summed E-state index contributed by atoms with van der Waals surface area (Å²) in [6, 6.07) is 14.4. The van der Waals surface area contributed by atoms with Crippen LogP contribution in [0.25, 0.3) is 10.9 Å². The van der Waals surface area contributed by atoms with Crippen LogP contribution in [-0.2, 0) is 17.9 Å². The van der Waals surface area contributed by atoms with E-state index in [1.54, 1.807) is 24.3 Å². The molecule has 6 nitrogen and oxygen atoms in total. The van der Waals surface area contributed by atoms with Crippen molar-refractivity contribution < 1.29 is 24.1 Å². The largest absolute Gasteiger partial charge is 0.632 e. The van der Waals surface area contributed by atoms with Gasteiger partial charge in [0.1, 0.15) is 0 Å². The number of carbonyl (C=O) groups is 1. The number of aryl methyl sites for hydroxylation is 1. The molecular formula is C19H21N3O3+2. The minimum atomic E-state index is -0.261. The number of benzene rings is 2. The van der Waals surface area contributed by atoms with Crippen molar-refractivity contribution in [2.75, 3.05) is 5.32 Å². The standard InChI is InChI=1S/C19H19N3O3/c1-3-21-18(24)15-6-4-5-7-16(15)22(19(21)25)12-17(23)20-14-10-8-13(2)9-11-14/h4-11H,3,12H2,1-2H3,(H,20,23)/p+2. The summed E-state index contributed by atoms with van der Waals surface area (Å²) in [5.41, 5.74) is 2.39. The van der Waals surface area contributed by atoms with E-state index in [1.807, 2.05) is 38.1 Å². The van der Waals surface area contributed by atoms with E-state index in [1.165, 1.54) is 9.13 Å². The maximum Gasteiger partial charge on any atom is 0.632 e. The first-order valence-corrected chi connectivity index (χ1v) is 8.14. The fraction of sp³-hybridized carbons (Fsp3) is 0.211. The van der Waals surface area contributed by atoms with Gasteiger partial charge >= 0.3 is 11.9 Å². The summed E-state index contributed by atoms with van der Waals surface area (Å²) in [5.74, 6) is -0.284. The Kier molecular flexibility index (Phi) is 4.52. The van der Waals surface area contributed by atoms with E-state index in [4.69, 9.17) is 0 Å². The quantitative estimate of drug-likeness (QED) is 0.634. The van der Waals surface area contributed by atoms with Crippen LogP contribution in [0, 0.1) is 6.92 Å². The number of nitrogens with zero attached hydrogens (tertiary/aromatic N) is 2. The summed E-state index contributed by atoms with van der Waals surface area (Å²) in [4.78, 5) is 12.4. The zero-order valence-corrected chi connectivity index (χ0v) is 14.2. The van der Waals surface area contributed by atoms with Crippen LogP contribution in [0.2, 0.25) is 0 Å². The molecule has 0 saturated carbocycles. The summed E-state index contributed by atoms with van der Waals surface area (Å²) in [7, 11) is 0. The van der Waals surface area contributed by atoms with Gasteiger partial charge in [-0.2, -0.15) is 0 Å². The maximum absolute atomic E-state index is 12.4. The Bertz CT molecular complexity index is 937. The molecule has 0 spiro atoms. The third-order valence-electron chi connectivity index (χ3n) is 4.13. The Hall–Kier alpha value is -3.15. The molecule has 3 aromatic rings. The summed E-state index contributed by atoms with van der Waals surface area (Å²) < 4.78 is 2.85. The lowest BCUT2D eigenvalue weighted by atomic mass is 10.2. The monoisotopic (exact) mass is 339 g/mol. The number of aromatic nitrogens is 2. The number of carbonyl (C=O) groups excluding carboxylic acids is 1. The van der Waals surface area contributed by atoms with Crippen molar-refractivity contribution in [2.24, 2.45) is 0 Å². The first kappa shape index (κ1) is 16.7. The van der Waals surface area contributed by atoms with Gasteiger partial charge in [-0.15, -0.1) is 0 Å². The molecule has 0 saturated heterocycles. The van der Waals surface area contributed by atoms with Gasteiger partial charge in [-0.1, -0.05) is 39.0 Å². The van der Waals surface area contributed by atoms with Crippen molar-refractivity contribution in [1.82, 2.24) is 0 Å². The van der Waals surface area contributed by atoms with Gasteiger partial charge in [-0.05, 0) is 32.0 Å². The average molecular weight is 339 g/mol. The second kappa shape index (κ2) is 6.76. The number of hydrogen-bond donors (Lipinski definition) is 3. The smallest absolute Gasteiger partial charge is 0.459 e. The van der Waals surface area contributed by atoms with Crippen LogP contribution in [0.3, 0.4) is 0 Å². The Morgan fingerprint density at radius 1 is 1.04 bits per heavy atom. The lowest BCUT2D eigenvalue weighted by Gasteiger charge is -2.06. The molecule has 0 aliphatic rings. The van der Waals surface area contributed by atoms with E-state index >= 15 is 0 Å². The topological polar surface area (TPSA) is 77.3 Å². The molecule has 1 amide bonds. The molecule has 6 heteroatoms. The molecule has 0 atom stereocenters. The summed E-state index contributed by atoms with van der Waals surface area (Å²) >= 11 is 0. The number of amides is 1. The fourth-order valence-corrected chi connectivity index (χ4v) is 2.82. The molecule has 3 rings (SSSR count). The van der Waals surface area contributed by atoms with E-state index in [0.717, 1.165) is 5.56 Å². The minimum absolute atomic E-state index is 0.0224. The predicted molar refractivity (Wildman–Crippen MR) is 93.2 cm³/mol. The number of anilines is 1. The summed E-state index contributed by atoms with van der Waals surface area (Å²) in [6.07, 6.45) is 0. The fourth-order valence-electron chi connectivity index (χ4n) is 2.82.